The summed E-state index contributed by atoms with van der Waals surface area (Å²) in [6, 6.07) is 4.42. The molecule has 3 N–H and O–H groups in total. The predicted molar refractivity (Wildman–Crippen MR) is 74.5 cm³/mol. The van der Waals surface area contributed by atoms with Crippen molar-refractivity contribution in [2.75, 3.05) is 7.05 Å². The molecule has 0 aliphatic rings. The van der Waals surface area contributed by atoms with Crippen molar-refractivity contribution in [3.8, 4) is 0 Å². The maximum atomic E-state index is 12.4. The second-order valence-corrected chi connectivity index (χ2v) is 8.39. The number of carbonyl (C=O) groups is 1. The summed E-state index contributed by atoms with van der Waals surface area (Å²) in [5.41, 5.74) is -1.70. The van der Waals surface area contributed by atoms with Crippen LogP contribution in [0.5, 0.6) is 0 Å². The summed E-state index contributed by atoms with van der Waals surface area (Å²) in [6.45, 7) is 2.44. The van der Waals surface area contributed by atoms with Crippen LogP contribution in [0, 0.1) is 0 Å². The highest BCUT2D eigenvalue weighted by atomic mass is 32.2. The van der Waals surface area contributed by atoms with Crippen molar-refractivity contribution in [3.05, 3.63) is 24.3 Å². The van der Waals surface area contributed by atoms with Crippen molar-refractivity contribution < 1.29 is 26.7 Å². The number of nitrogens with zero attached hydrogens (tertiary/aromatic N) is 1. The number of hydrogen-bond acceptors (Lipinski definition) is 5. The normalized spacial score (nSPS) is 13.4. The van der Waals surface area contributed by atoms with Crippen LogP contribution in [0.25, 0.3) is 0 Å². The minimum atomic E-state index is -4.19. The summed E-state index contributed by atoms with van der Waals surface area (Å²) in [5.74, 6) is -1.34. The highest BCUT2D eigenvalue weighted by molar-refractivity contribution is 7.90. The average molecular weight is 336 g/mol. The Morgan fingerprint density at radius 2 is 1.67 bits per heavy atom. The molecule has 0 aliphatic heterocycles. The fourth-order valence-electron chi connectivity index (χ4n) is 1.40. The van der Waals surface area contributed by atoms with Crippen molar-refractivity contribution in [2.24, 2.45) is 5.14 Å². The molecule has 1 aromatic carbocycles. The molecule has 0 spiro atoms. The number of aliphatic carboxylic acids is 1. The molecule has 0 aromatic heterocycles. The zero-order valence-corrected chi connectivity index (χ0v) is 13.3. The number of rotatable bonds is 5. The average Bonchev–Trinajstić information content (AvgIpc) is 2.36. The summed E-state index contributed by atoms with van der Waals surface area (Å²) in [4.78, 5) is 10.4. The van der Waals surface area contributed by atoms with Crippen molar-refractivity contribution >= 4 is 26.0 Å². The zero-order chi connectivity index (χ0) is 16.6. The van der Waals surface area contributed by atoms with Crippen molar-refractivity contribution in [1.29, 1.82) is 0 Å². The van der Waals surface area contributed by atoms with E-state index in [4.69, 9.17) is 10.2 Å². The number of carboxylic acid groups (broad SMARTS) is 1. The molecule has 0 amide bonds. The van der Waals surface area contributed by atoms with E-state index in [9.17, 15) is 21.6 Å². The molecule has 0 saturated carbocycles. The van der Waals surface area contributed by atoms with Crippen molar-refractivity contribution in [1.82, 2.24) is 4.31 Å². The van der Waals surface area contributed by atoms with E-state index in [1.165, 1.54) is 26.0 Å². The molecule has 0 aliphatic carbocycles. The summed E-state index contributed by atoms with van der Waals surface area (Å²) in [6.07, 6.45) is 0. The lowest BCUT2D eigenvalue weighted by molar-refractivity contribution is -0.145. The van der Waals surface area contributed by atoms with Gasteiger partial charge in [0.2, 0.25) is 20.0 Å². The molecule has 21 heavy (non-hydrogen) atoms. The molecule has 1 aromatic rings. The quantitative estimate of drug-likeness (QED) is 0.765. The van der Waals surface area contributed by atoms with Gasteiger partial charge in [-0.15, -0.1) is 0 Å². The van der Waals surface area contributed by atoms with Crippen LogP contribution in [0.2, 0.25) is 0 Å². The van der Waals surface area contributed by atoms with Crippen LogP contribution in [-0.2, 0) is 24.8 Å². The topological polar surface area (TPSA) is 135 Å². The number of likely N-dealkylation sites (N-methyl/N-ethyl adjacent to an activating group) is 1. The third-order valence-electron chi connectivity index (χ3n) is 3.10. The first-order valence-corrected chi connectivity index (χ1v) is 8.65. The smallest absolute Gasteiger partial charge is 0.324 e. The number of benzene rings is 1. The molecule has 0 fully saturated rings. The van der Waals surface area contributed by atoms with Gasteiger partial charge in [0.15, 0.2) is 0 Å². The Hall–Kier alpha value is -1.49. The third-order valence-corrected chi connectivity index (χ3v) is 6.04. The van der Waals surface area contributed by atoms with Gasteiger partial charge in [-0.1, -0.05) is 6.07 Å². The standard InChI is InChI=1S/C11H16N2O6S2/c1-11(2,10(14)15)13(3)21(18,19)9-6-4-5-8(7-9)20(12,16)17/h4-7H,1-3H3,(H,14,15)(H2,12,16,17). The summed E-state index contributed by atoms with van der Waals surface area (Å²) >= 11 is 0. The molecule has 1 rings (SSSR count). The minimum absolute atomic E-state index is 0.356. The van der Waals surface area contributed by atoms with Gasteiger partial charge in [-0.05, 0) is 32.0 Å². The number of primary sulfonamides is 1. The molecule has 8 nitrogen and oxygen atoms in total. The zero-order valence-electron chi connectivity index (χ0n) is 11.6. The van der Waals surface area contributed by atoms with Gasteiger partial charge in [0, 0.05) is 7.05 Å². The molecular weight excluding hydrogens is 320 g/mol. The Bertz CT molecular complexity index is 768. The molecule has 0 unspecified atom stereocenters. The van der Waals surface area contributed by atoms with Crippen LogP contribution >= 0.6 is 0 Å². The van der Waals surface area contributed by atoms with Crippen LogP contribution in [0.4, 0.5) is 0 Å². The van der Waals surface area contributed by atoms with E-state index in [0.717, 1.165) is 19.2 Å². The van der Waals surface area contributed by atoms with Crippen LogP contribution in [0.3, 0.4) is 0 Å². The molecule has 0 saturated heterocycles. The Morgan fingerprint density at radius 1 is 1.19 bits per heavy atom. The van der Waals surface area contributed by atoms with Crippen LogP contribution in [0.1, 0.15) is 13.8 Å². The van der Waals surface area contributed by atoms with Crippen LogP contribution in [0.15, 0.2) is 34.1 Å². The lowest BCUT2D eigenvalue weighted by Crippen LogP contribution is -2.50. The van der Waals surface area contributed by atoms with Gasteiger partial charge < -0.3 is 5.11 Å². The van der Waals surface area contributed by atoms with E-state index in [2.05, 4.69) is 0 Å². The van der Waals surface area contributed by atoms with Gasteiger partial charge in [0.05, 0.1) is 9.79 Å². The Balaban J connectivity index is 3.43. The Labute approximate surface area is 123 Å². The highest BCUT2D eigenvalue weighted by Crippen LogP contribution is 2.24. The molecular formula is C11H16N2O6S2. The number of sulfonamides is 2. The summed E-state index contributed by atoms with van der Waals surface area (Å²) < 4.78 is 48.0. The lowest BCUT2D eigenvalue weighted by Gasteiger charge is -2.30. The number of nitrogens with two attached hydrogens (primary N) is 1. The van der Waals surface area contributed by atoms with Crippen molar-refractivity contribution in [3.63, 3.8) is 0 Å². The van der Waals surface area contributed by atoms with Gasteiger partial charge in [-0.3, -0.25) is 4.79 Å². The Kier molecular flexibility index (Phi) is 4.49. The Morgan fingerprint density at radius 3 is 2.10 bits per heavy atom. The van der Waals surface area contributed by atoms with Gasteiger partial charge in [-0.2, -0.15) is 4.31 Å². The van der Waals surface area contributed by atoms with Crippen LogP contribution < -0.4 is 5.14 Å². The first kappa shape index (κ1) is 17.6. The molecule has 118 valence electrons. The van der Waals surface area contributed by atoms with E-state index in [1.807, 2.05) is 0 Å². The fourth-order valence-corrected chi connectivity index (χ4v) is 3.56. The second kappa shape index (κ2) is 5.37. The van der Waals surface area contributed by atoms with Crippen molar-refractivity contribution in [2.45, 2.75) is 29.2 Å². The second-order valence-electron chi connectivity index (χ2n) is 4.86. The lowest BCUT2D eigenvalue weighted by atomic mass is 10.1. The maximum absolute atomic E-state index is 12.4. The van der Waals surface area contributed by atoms with Gasteiger partial charge >= 0.3 is 5.97 Å². The minimum Gasteiger partial charge on any atom is -0.480 e. The van der Waals surface area contributed by atoms with E-state index in [1.54, 1.807) is 0 Å². The molecule has 10 heteroatoms. The van der Waals surface area contributed by atoms with Gasteiger partial charge in [0.1, 0.15) is 5.54 Å². The number of hydrogen-bond donors (Lipinski definition) is 2. The van der Waals surface area contributed by atoms with Gasteiger partial charge in [0.25, 0.3) is 0 Å². The maximum Gasteiger partial charge on any atom is 0.324 e. The molecule has 0 bridgehead atoms. The van der Waals surface area contributed by atoms with E-state index in [0.29, 0.717) is 4.31 Å². The van der Waals surface area contributed by atoms with E-state index in [-0.39, 0.29) is 9.79 Å². The summed E-state index contributed by atoms with van der Waals surface area (Å²) in [5, 5.41) is 14.0. The predicted octanol–water partition coefficient (Wildman–Crippen LogP) is -0.182. The number of carboxylic acids is 1. The molecule has 0 heterocycles. The first-order chi connectivity index (χ1) is 9.31. The molecule has 0 radical (unpaired) electrons. The fraction of sp³-hybridized carbons (Fsp3) is 0.364. The monoisotopic (exact) mass is 336 g/mol. The van der Waals surface area contributed by atoms with Gasteiger partial charge in [-0.25, -0.2) is 22.0 Å². The highest BCUT2D eigenvalue weighted by Gasteiger charge is 2.40. The van der Waals surface area contributed by atoms with Crippen LogP contribution in [-0.4, -0.2) is 44.8 Å². The molecule has 0 atom stereocenters. The summed E-state index contributed by atoms with van der Waals surface area (Å²) in [7, 11) is -7.15. The van der Waals surface area contributed by atoms with E-state index >= 15 is 0 Å². The first-order valence-electron chi connectivity index (χ1n) is 5.66. The largest absolute Gasteiger partial charge is 0.480 e. The van der Waals surface area contributed by atoms with E-state index < -0.39 is 31.6 Å². The third kappa shape index (κ3) is 3.40. The SMILES string of the molecule is CN(C(C)(C)C(=O)O)S(=O)(=O)c1cccc(S(N)(=O)=O)c1.